The molecule has 3 rings (SSSR count). The van der Waals surface area contributed by atoms with Crippen LogP contribution in [0.4, 0.5) is 0 Å². The molecule has 0 spiro atoms. The number of allylic oxidation sites excluding steroid dienone is 1. The molecule has 3 aromatic rings. The molecule has 2 heteroatoms. The molecule has 0 saturated heterocycles. The van der Waals surface area contributed by atoms with E-state index in [0.717, 1.165) is 28.2 Å². The van der Waals surface area contributed by atoms with E-state index in [9.17, 15) is 5.26 Å². The first-order chi connectivity index (χ1) is 12.4. The van der Waals surface area contributed by atoms with Crippen LogP contribution < -0.4 is 0 Å². The van der Waals surface area contributed by atoms with Crippen LogP contribution in [0.1, 0.15) is 39.2 Å². The summed E-state index contributed by atoms with van der Waals surface area (Å²) in [5.41, 5.74) is 9.96. The molecule has 0 radical (unpaired) electrons. The zero-order valence-electron chi connectivity index (χ0n) is 16.1. The van der Waals surface area contributed by atoms with Gasteiger partial charge in [-0.05, 0) is 81.1 Å². The van der Waals surface area contributed by atoms with Crippen LogP contribution in [0.2, 0.25) is 0 Å². The molecule has 0 atom stereocenters. The van der Waals surface area contributed by atoms with E-state index in [-0.39, 0.29) is 0 Å². The lowest BCUT2D eigenvalue weighted by molar-refractivity contribution is 0.961. The van der Waals surface area contributed by atoms with Crippen LogP contribution in [0.3, 0.4) is 0 Å². The summed E-state index contributed by atoms with van der Waals surface area (Å²) in [6.45, 7) is 10.5. The molecule has 0 aliphatic heterocycles. The highest BCUT2D eigenvalue weighted by molar-refractivity contribution is 5.90. The number of nitrogens with zero attached hydrogens (tertiary/aromatic N) is 2. The van der Waals surface area contributed by atoms with Gasteiger partial charge in [0.15, 0.2) is 0 Å². The fraction of sp³-hybridized carbons (Fsp3) is 0.208. The predicted octanol–water partition coefficient (Wildman–Crippen LogP) is 6.08. The minimum absolute atomic E-state index is 0.685. The summed E-state index contributed by atoms with van der Waals surface area (Å²) in [7, 11) is 0. The van der Waals surface area contributed by atoms with Crippen molar-refractivity contribution in [1.29, 1.82) is 5.26 Å². The minimum atomic E-state index is 0.685. The Balaban J connectivity index is 2.08. The average Bonchev–Trinajstić information content (AvgIpc) is 2.90. The van der Waals surface area contributed by atoms with Crippen molar-refractivity contribution in [3.8, 4) is 11.8 Å². The van der Waals surface area contributed by atoms with Crippen LogP contribution in [0.5, 0.6) is 0 Å². The smallest absolute Gasteiger partial charge is 0.0998 e. The molecule has 0 N–H and O–H groups in total. The van der Waals surface area contributed by atoms with E-state index >= 15 is 0 Å². The maximum absolute atomic E-state index is 9.64. The Bertz CT molecular complexity index is 1030. The third kappa shape index (κ3) is 3.34. The third-order valence-electron chi connectivity index (χ3n) is 5.00. The van der Waals surface area contributed by atoms with Gasteiger partial charge in [-0.15, -0.1) is 0 Å². The second kappa shape index (κ2) is 7.06. The van der Waals surface area contributed by atoms with Gasteiger partial charge in [0.1, 0.15) is 0 Å². The molecule has 0 saturated carbocycles. The van der Waals surface area contributed by atoms with Crippen molar-refractivity contribution >= 4 is 11.6 Å². The molecule has 2 nitrogen and oxygen atoms in total. The highest BCUT2D eigenvalue weighted by Gasteiger charge is 2.11. The summed E-state index contributed by atoms with van der Waals surface area (Å²) in [4.78, 5) is 0. The molecular weight excluding hydrogens is 316 g/mol. The SMILES string of the molecule is Cc1ccc(/C(C#N)=C\c2cc(C)n(-c3ccc(C)c(C)c3)c2C)cc1. The van der Waals surface area contributed by atoms with E-state index in [1.54, 1.807) is 0 Å². The monoisotopic (exact) mass is 340 g/mol. The number of hydrogen-bond donors (Lipinski definition) is 0. The Morgan fingerprint density at radius 1 is 0.885 bits per heavy atom. The van der Waals surface area contributed by atoms with E-state index in [4.69, 9.17) is 0 Å². The maximum atomic E-state index is 9.64. The lowest BCUT2D eigenvalue weighted by Gasteiger charge is -2.12. The van der Waals surface area contributed by atoms with E-state index in [0.29, 0.717) is 5.57 Å². The number of aryl methyl sites for hydroxylation is 4. The van der Waals surface area contributed by atoms with Gasteiger partial charge in [-0.25, -0.2) is 0 Å². The van der Waals surface area contributed by atoms with Crippen molar-refractivity contribution in [2.24, 2.45) is 0 Å². The van der Waals surface area contributed by atoms with E-state index in [1.165, 1.54) is 16.7 Å². The number of aromatic nitrogens is 1. The Morgan fingerprint density at radius 2 is 1.58 bits per heavy atom. The second-order valence-electron chi connectivity index (χ2n) is 6.97. The van der Waals surface area contributed by atoms with Gasteiger partial charge in [-0.1, -0.05) is 35.9 Å². The van der Waals surface area contributed by atoms with Crippen molar-refractivity contribution in [2.75, 3.05) is 0 Å². The van der Waals surface area contributed by atoms with Crippen LogP contribution in [-0.2, 0) is 0 Å². The molecule has 0 aliphatic carbocycles. The standard InChI is InChI=1S/C24H24N2/c1-16-6-9-21(10-7-16)23(15-25)14-22-13-19(4)26(20(22)5)24-11-8-17(2)18(3)12-24/h6-14H,1-5H3/b23-14-. The average molecular weight is 340 g/mol. The van der Waals surface area contributed by atoms with Crippen LogP contribution >= 0.6 is 0 Å². The van der Waals surface area contributed by atoms with Crippen LogP contribution in [-0.4, -0.2) is 4.57 Å². The molecule has 1 aromatic heterocycles. The van der Waals surface area contributed by atoms with E-state index in [1.807, 2.05) is 30.3 Å². The number of nitriles is 1. The first-order valence-corrected chi connectivity index (χ1v) is 8.86. The van der Waals surface area contributed by atoms with Gasteiger partial charge in [-0.3, -0.25) is 0 Å². The first-order valence-electron chi connectivity index (χ1n) is 8.86. The topological polar surface area (TPSA) is 28.7 Å². The largest absolute Gasteiger partial charge is 0.318 e. The summed E-state index contributed by atoms with van der Waals surface area (Å²) in [6.07, 6.45) is 1.99. The van der Waals surface area contributed by atoms with Crippen LogP contribution in [0.15, 0.2) is 48.5 Å². The molecule has 0 amide bonds. The fourth-order valence-electron chi connectivity index (χ4n) is 3.26. The number of benzene rings is 2. The highest BCUT2D eigenvalue weighted by atomic mass is 15.0. The quantitative estimate of drug-likeness (QED) is 0.531. The Kier molecular flexibility index (Phi) is 4.82. The molecule has 0 unspecified atom stereocenters. The molecule has 2 aromatic carbocycles. The van der Waals surface area contributed by atoms with Gasteiger partial charge in [0.2, 0.25) is 0 Å². The van der Waals surface area contributed by atoms with Crippen molar-refractivity contribution in [3.05, 3.63) is 87.7 Å². The summed E-state index contributed by atoms with van der Waals surface area (Å²) in [5.74, 6) is 0. The molecule has 130 valence electrons. The van der Waals surface area contributed by atoms with Crippen molar-refractivity contribution < 1.29 is 0 Å². The van der Waals surface area contributed by atoms with Crippen molar-refractivity contribution in [3.63, 3.8) is 0 Å². The summed E-state index contributed by atoms with van der Waals surface area (Å²) in [6, 6.07) is 19.1. The highest BCUT2D eigenvalue weighted by Crippen LogP contribution is 2.26. The zero-order chi connectivity index (χ0) is 18.8. The van der Waals surface area contributed by atoms with Gasteiger partial charge < -0.3 is 4.57 Å². The lowest BCUT2D eigenvalue weighted by atomic mass is 10.0. The molecule has 26 heavy (non-hydrogen) atoms. The van der Waals surface area contributed by atoms with Crippen molar-refractivity contribution in [1.82, 2.24) is 4.57 Å². The Morgan fingerprint density at radius 3 is 2.19 bits per heavy atom. The molecule has 0 bridgehead atoms. The van der Waals surface area contributed by atoms with E-state index < -0.39 is 0 Å². The summed E-state index contributed by atoms with van der Waals surface area (Å²) < 4.78 is 2.25. The maximum Gasteiger partial charge on any atom is 0.0998 e. The minimum Gasteiger partial charge on any atom is -0.318 e. The third-order valence-corrected chi connectivity index (χ3v) is 5.00. The number of rotatable bonds is 3. The Hall–Kier alpha value is -3.05. The fourth-order valence-corrected chi connectivity index (χ4v) is 3.26. The van der Waals surface area contributed by atoms with Crippen LogP contribution in [0, 0.1) is 45.9 Å². The summed E-state index contributed by atoms with van der Waals surface area (Å²) >= 11 is 0. The zero-order valence-corrected chi connectivity index (χ0v) is 16.1. The van der Waals surface area contributed by atoms with Gasteiger partial charge in [0.05, 0.1) is 11.6 Å². The predicted molar refractivity (Wildman–Crippen MR) is 109 cm³/mol. The van der Waals surface area contributed by atoms with Gasteiger partial charge in [0.25, 0.3) is 0 Å². The Labute approximate surface area is 156 Å². The molecule has 0 fully saturated rings. The molecule has 1 heterocycles. The van der Waals surface area contributed by atoms with Crippen LogP contribution in [0.25, 0.3) is 17.3 Å². The van der Waals surface area contributed by atoms with Gasteiger partial charge >= 0.3 is 0 Å². The molecule has 0 aliphatic rings. The number of hydrogen-bond acceptors (Lipinski definition) is 1. The first kappa shape index (κ1) is 17.8. The van der Waals surface area contributed by atoms with Crippen molar-refractivity contribution in [2.45, 2.75) is 34.6 Å². The second-order valence-corrected chi connectivity index (χ2v) is 6.97. The summed E-state index contributed by atoms with van der Waals surface area (Å²) in [5, 5.41) is 9.64. The lowest BCUT2D eigenvalue weighted by Crippen LogP contribution is -2.00. The van der Waals surface area contributed by atoms with Gasteiger partial charge in [0, 0.05) is 17.1 Å². The van der Waals surface area contributed by atoms with Gasteiger partial charge in [-0.2, -0.15) is 5.26 Å². The van der Waals surface area contributed by atoms with E-state index in [2.05, 4.69) is 69.5 Å². The normalized spacial score (nSPS) is 11.5. The molecular formula is C24H24N2.